The Morgan fingerprint density at radius 1 is 1.59 bits per heavy atom. The average molecular weight is 260 g/mol. The summed E-state index contributed by atoms with van der Waals surface area (Å²) >= 11 is 0. The van der Waals surface area contributed by atoms with Crippen LogP contribution in [0.1, 0.15) is 12.8 Å². The maximum atomic E-state index is 12.2. The Labute approximate surface area is 99.9 Å². The maximum absolute atomic E-state index is 12.2. The second-order valence-corrected chi connectivity index (χ2v) is 6.12. The third-order valence-electron chi connectivity index (χ3n) is 2.80. The van der Waals surface area contributed by atoms with E-state index in [0.717, 1.165) is 0 Å². The largest absolute Gasteiger partial charge is 0.392 e. The lowest BCUT2D eigenvalue weighted by Crippen LogP contribution is -2.42. The molecule has 1 unspecified atom stereocenters. The van der Waals surface area contributed by atoms with Gasteiger partial charge in [-0.25, -0.2) is 8.42 Å². The van der Waals surface area contributed by atoms with Crippen molar-refractivity contribution in [3.8, 4) is 0 Å². The molecule has 1 fully saturated rings. The van der Waals surface area contributed by atoms with Crippen LogP contribution in [0, 0.1) is 0 Å². The molecule has 1 saturated heterocycles. The van der Waals surface area contributed by atoms with Crippen LogP contribution in [0.3, 0.4) is 0 Å². The third-order valence-corrected chi connectivity index (χ3v) is 4.68. The summed E-state index contributed by atoms with van der Waals surface area (Å²) in [5.41, 5.74) is 5.57. The zero-order valence-electron chi connectivity index (χ0n) is 9.57. The fourth-order valence-corrected chi connectivity index (χ4v) is 3.57. The first-order chi connectivity index (χ1) is 7.91. The molecule has 1 aromatic rings. The number of piperidine rings is 1. The normalized spacial score (nSPS) is 22.8. The van der Waals surface area contributed by atoms with E-state index in [0.29, 0.717) is 19.4 Å². The second-order valence-electron chi connectivity index (χ2n) is 4.21. The van der Waals surface area contributed by atoms with Crippen LogP contribution < -0.4 is 5.73 Å². The van der Waals surface area contributed by atoms with Gasteiger partial charge in [0.15, 0.2) is 5.82 Å². The fraction of sp³-hybridized carbons (Fsp3) is 0.667. The molecule has 2 rings (SSSR count). The monoisotopic (exact) mass is 260 g/mol. The van der Waals surface area contributed by atoms with Crippen molar-refractivity contribution in [2.24, 2.45) is 7.05 Å². The molecule has 2 heterocycles. The van der Waals surface area contributed by atoms with E-state index < -0.39 is 16.1 Å². The first kappa shape index (κ1) is 12.3. The van der Waals surface area contributed by atoms with Gasteiger partial charge in [-0.05, 0) is 12.8 Å². The summed E-state index contributed by atoms with van der Waals surface area (Å²) in [5.74, 6) is -0.00689. The van der Waals surface area contributed by atoms with Crippen LogP contribution in [-0.2, 0) is 17.1 Å². The SMILES string of the molecule is Cn1cc(S(=O)(=O)N2CCCC(O)C2)c(N)n1. The standard InChI is InChI=1S/C9H16N4O3S/c1-12-6-8(9(10)11-12)17(15,16)13-4-2-3-7(14)5-13/h6-7,14H,2-5H2,1H3,(H2,10,11). The van der Waals surface area contributed by atoms with Crippen molar-refractivity contribution in [1.82, 2.24) is 14.1 Å². The number of aliphatic hydroxyl groups excluding tert-OH is 1. The number of hydrogen-bond donors (Lipinski definition) is 2. The number of aromatic nitrogens is 2. The molecule has 1 atom stereocenters. The molecule has 3 N–H and O–H groups in total. The number of rotatable bonds is 2. The molecule has 8 heteroatoms. The summed E-state index contributed by atoms with van der Waals surface area (Å²) in [5, 5.41) is 13.3. The smallest absolute Gasteiger partial charge is 0.248 e. The summed E-state index contributed by atoms with van der Waals surface area (Å²) in [6, 6.07) is 0. The van der Waals surface area contributed by atoms with E-state index in [1.165, 1.54) is 15.2 Å². The molecular weight excluding hydrogens is 244 g/mol. The number of anilines is 1. The average Bonchev–Trinajstić information content (AvgIpc) is 2.58. The molecule has 0 aliphatic carbocycles. The van der Waals surface area contributed by atoms with E-state index >= 15 is 0 Å². The van der Waals surface area contributed by atoms with Gasteiger partial charge >= 0.3 is 0 Å². The highest BCUT2D eigenvalue weighted by molar-refractivity contribution is 7.89. The molecule has 0 bridgehead atoms. The van der Waals surface area contributed by atoms with Crippen molar-refractivity contribution >= 4 is 15.8 Å². The predicted octanol–water partition coefficient (Wildman–Crippen LogP) is -0.852. The van der Waals surface area contributed by atoms with Crippen molar-refractivity contribution in [3.05, 3.63) is 6.20 Å². The van der Waals surface area contributed by atoms with Gasteiger partial charge in [-0.3, -0.25) is 4.68 Å². The lowest BCUT2D eigenvalue weighted by Gasteiger charge is -2.28. The number of nitrogens with two attached hydrogens (primary N) is 1. The Hall–Kier alpha value is -1.12. The minimum atomic E-state index is -3.64. The molecule has 17 heavy (non-hydrogen) atoms. The Kier molecular flexibility index (Phi) is 3.11. The number of nitrogen functional groups attached to an aromatic ring is 1. The van der Waals surface area contributed by atoms with Crippen LogP contribution in [0.2, 0.25) is 0 Å². The number of nitrogens with zero attached hydrogens (tertiary/aromatic N) is 3. The molecular formula is C9H16N4O3S. The summed E-state index contributed by atoms with van der Waals surface area (Å²) in [7, 11) is -2.03. The van der Waals surface area contributed by atoms with Crippen molar-refractivity contribution in [2.45, 2.75) is 23.8 Å². The number of β-amino-alcohol motifs (C(OH)–C–C–N with tert-alkyl or cyclic N) is 1. The molecule has 0 spiro atoms. The van der Waals surface area contributed by atoms with Gasteiger partial charge < -0.3 is 10.8 Å². The van der Waals surface area contributed by atoms with Crippen LogP contribution in [0.4, 0.5) is 5.82 Å². The molecule has 0 saturated carbocycles. The number of sulfonamides is 1. The van der Waals surface area contributed by atoms with E-state index in [1.54, 1.807) is 7.05 Å². The highest BCUT2D eigenvalue weighted by atomic mass is 32.2. The van der Waals surface area contributed by atoms with E-state index in [4.69, 9.17) is 5.73 Å². The molecule has 1 aliphatic heterocycles. The van der Waals surface area contributed by atoms with Crippen LogP contribution >= 0.6 is 0 Å². The Morgan fingerprint density at radius 2 is 2.29 bits per heavy atom. The molecule has 7 nitrogen and oxygen atoms in total. The summed E-state index contributed by atoms with van der Waals surface area (Å²) < 4.78 is 27.1. The first-order valence-electron chi connectivity index (χ1n) is 5.38. The van der Waals surface area contributed by atoms with Crippen LogP contribution in [0.25, 0.3) is 0 Å². The van der Waals surface area contributed by atoms with Gasteiger partial charge in [-0.1, -0.05) is 0 Å². The van der Waals surface area contributed by atoms with Gasteiger partial charge in [0.25, 0.3) is 0 Å². The van der Waals surface area contributed by atoms with Gasteiger partial charge in [0.2, 0.25) is 10.0 Å². The lowest BCUT2D eigenvalue weighted by atomic mass is 10.1. The molecule has 1 aromatic heterocycles. The molecule has 0 radical (unpaired) electrons. The number of aliphatic hydroxyl groups is 1. The van der Waals surface area contributed by atoms with E-state index in [2.05, 4.69) is 5.10 Å². The highest BCUT2D eigenvalue weighted by Crippen LogP contribution is 2.23. The van der Waals surface area contributed by atoms with E-state index in [9.17, 15) is 13.5 Å². The van der Waals surface area contributed by atoms with E-state index in [1.807, 2.05) is 0 Å². The molecule has 96 valence electrons. The quantitative estimate of drug-likeness (QED) is 0.721. The summed E-state index contributed by atoms with van der Waals surface area (Å²) in [6.07, 6.45) is 2.07. The van der Waals surface area contributed by atoms with Crippen molar-refractivity contribution < 1.29 is 13.5 Å². The molecule has 0 aromatic carbocycles. The Bertz CT molecular complexity index is 510. The van der Waals surface area contributed by atoms with Crippen LogP contribution in [0.5, 0.6) is 0 Å². The molecule has 0 amide bonds. The van der Waals surface area contributed by atoms with Crippen LogP contribution in [0.15, 0.2) is 11.1 Å². The zero-order chi connectivity index (χ0) is 12.6. The fourth-order valence-electron chi connectivity index (χ4n) is 1.96. The van der Waals surface area contributed by atoms with Crippen molar-refractivity contribution in [1.29, 1.82) is 0 Å². The third kappa shape index (κ3) is 2.28. The minimum absolute atomic E-state index is 0.00689. The van der Waals surface area contributed by atoms with Crippen molar-refractivity contribution in [3.63, 3.8) is 0 Å². The Morgan fingerprint density at radius 3 is 2.82 bits per heavy atom. The lowest BCUT2D eigenvalue weighted by molar-refractivity contribution is 0.108. The summed E-state index contributed by atoms with van der Waals surface area (Å²) in [6.45, 7) is 0.532. The minimum Gasteiger partial charge on any atom is -0.392 e. The number of aryl methyl sites for hydroxylation is 1. The van der Waals surface area contributed by atoms with Crippen molar-refractivity contribution in [2.75, 3.05) is 18.8 Å². The Balaban J connectivity index is 2.33. The second kappa shape index (κ2) is 4.28. The van der Waals surface area contributed by atoms with E-state index in [-0.39, 0.29) is 17.3 Å². The highest BCUT2D eigenvalue weighted by Gasteiger charge is 2.32. The van der Waals surface area contributed by atoms with Gasteiger partial charge in [-0.2, -0.15) is 9.40 Å². The summed E-state index contributed by atoms with van der Waals surface area (Å²) in [4.78, 5) is 0.00843. The first-order valence-corrected chi connectivity index (χ1v) is 6.82. The van der Waals surface area contributed by atoms with Gasteiger partial charge in [0, 0.05) is 26.3 Å². The van der Waals surface area contributed by atoms with Gasteiger partial charge in [0.1, 0.15) is 4.90 Å². The van der Waals surface area contributed by atoms with Gasteiger partial charge in [-0.15, -0.1) is 0 Å². The topological polar surface area (TPSA) is 101 Å². The predicted molar refractivity (Wildman–Crippen MR) is 61.6 cm³/mol. The molecule has 1 aliphatic rings. The maximum Gasteiger partial charge on any atom is 0.248 e. The van der Waals surface area contributed by atoms with Crippen LogP contribution in [-0.4, -0.2) is 46.8 Å². The van der Waals surface area contributed by atoms with Gasteiger partial charge in [0.05, 0.1) is 6.10 Å². The zero-order valence-corrected chi connectivity index (χ0v) is 10.4. The number of hydrogen-bond acceptors (Lipinski definition) is 5.